The number of hydrogen-bond donors (Lipinski definition) is 1. The fourth-order valence-electron chi connectivity index (χ4n) is 1.73. The molecule has 0 saturated carbocycles. The van der Waals surface area contributed by atoms with Crippen molar-refractivity contribution in [3.8, 4) is 11.5 Å². The maximum Gasteiger partial charge on any atom is 0.163 e. The van der Waals surface area contributed by atoms with Crippen LogP contribution < -0.4 is 14.8 Å². The van der Waals surface area contributed by atoms with Crippen LogP contribution in [0.2, 0.25) is 0 Å². The molecule has 0 unspecified atom stereocenters. The minimum Gasteiger partial charge on any atom is -0.490 e. The largest absolute Gasteiger partial charge is 0.490 e. The van der Waals surface area contributed by atoms with Gasteiger partial charge in [0.1, 0.15) is 9.84 Å². The maximum absolute atomic E-state index is 11.0. The van der Waals surface area contributed by atoms with Gasteiger partial charge >= 0.3 is 0 Å². The first kappa shape index (κ1) is 16.6. The van der Waals surface area contributed by atoms with Crippen LogP contribution in [0.1, 0.15) is 20.3 Å². The Morgan fingerprint density at radius 3 is 2.35 bits per heavy atom. The number of anilines is 1. The Hall–Kier alpha value is -1.43. The van der Waals surface area contributed by atoms with Crippen LogP contribution >= 0.6 is 0 Å². The van der Waals surface area contributed by atoms with E-state index >= 15 is 0 Å². The Labute approximate surface area is 121 Å². The molecule has 0 amide bonds. The minimum absolute atomic E-state index is 0.190. The van der Waals surface area contributed by atoms with Gasteiger partial charge in [-0.15, -0.1) is 0 Å². The predicted molar refractivity (Wildman–Crippen MR) is 81.6 cm³/mol. The van der Waals surface area contributed by atoms with Crippen LogP contribution in [0, 0.1) is 0 Å². The predicted octanol–water partition coefficient (Wildman–Crippen LogP) is 2.33. The van der Waals surface area contributed by atoms with Crippen LogP contribution in [0.3, 0.4) is 0 Å². The highest BCUT2D eigenvalue weighted by molar-refractivity contribution is 7.90. The standard InChI is InChI=1S/C14H23NO4S/c1-4-18-13-8-7-12(11-14(13)19-5-2)15-9-6-10-20(3,16)17/h7-8,11,15H,4-6,9-10H2,1-3H3. The van der Waals surface area contributed by atoms with Gasteiger partial charge in [0, 0.05) is 24.6 Å². The lowest BCUT2D eigenvalue weighted by atomic mass is 10.2. The number of sulfone groups is 1. The Balaban J connectivity index is 2.60. The summed E-state index contributed by atoms with van der Waals surface area (Å²) in [6, 6.07) is 5.62. The van der Waals surface area contributed by atoms with Crippen molar-refractivity contribution in [1.82, 2.24) is 0 Å². The third kappa shape index (κ3) is 6.14. The van der Waals surface area contributed by atoms with E-state index in [1.807, 2.05) is 32.0 Å². The number of benzene rings is 1. The van der Waals surface area contributed by atoms with E-state index in [0.29, 0.717) is 31.9 Å². The summed E-state index contributed by atoms with van der Waals surface area (Å²) in [6.07, 6.45) is 1.83. The van der Waals surface area contributed by atoms with E-state index in [-0.39, 0.29) is 5.75 Å². The second-order valence-corrected chi connectivity index (χ2v) is 6.70. The van der Waals surface area contributed by atoms with Crippen LogP contribution in [0.25, 0.3) is 0 Å². The fourth-order valence-corrected chi connectivity index (χ4v) is 2.40. The molecule has 0 fully saturated rings. The van der Waals surface area contributed by atoms with Crippen molar-refractivity contribution in [1.29, 1.82) is 0 Å². The lowest BCUT2D eigenvalue weighted by Gasteiger charge is -2.13. The summed E-state index contributed by atoms with van der Waals surface area (Å²) in [5.74, 6) is 1.61. The monoisotopic (exact) mass is 301 g/mol. The smallest absolute Gasteiger partial charge is 0.163 e. The summed E-state index contributed by atoms with van der Waals surface area (Å²) in [5, 5.41) is 3.19. The topological polar surface area (TPSA) is 64.6 Å². The van der Waals surface area contributed by atoms with Gasteiger partial charge in [0.05, 0.1) is 19.0 Å². The molecule has 0 saturated heterocycles. The number of ether oxygens (including phenoxy) is 2. The van der Waals surface area contributed by atoms with Gasteiger partial charge in [0.15, 0.2) is 11.5 Å². The summed E-state index contributed by atoms with van der Waals surface area (Å²) in [4.78, 5) is 0. The number of nitrogens with one attached hydrogen (secondary N) is 1. The van der Waals surface area contributed by atoms with Crippen LogP contribution in [0.5, 0.6) is 11.5 Å². The zero-order valence-electron chi connectivity index (χ0n) is 12.3. The molecule has 0 aliphatic rings. The molecule has 1 N–H and O–H groups in total. The van der Waals surface area contributed by atoms with E-state index in [9.17, 15) is 8.42 Å². The third-order valence-corrected chi connectivity index (χ3v) is 3.59. The van der Waals surface area contributed by atoms with Crippen molar-refractivity contribution in [3.63, 3.8) is 0 Å². The van der Waals surface area contributed by atoms with Gasteiger partial charge < -0.3 is 14.8 Å². The van der Waals surface area contributed by atoms with Gasteiger partial charge in [-0.3, -0.25) is 0 Å². The molecule has 5 nitrogen and oxygen atoms in total. The van der Waals surface area contributed by atoms with Crippen molar-refractivity contribution >= 4 is 15.5 Å². The number of hydrogen-bond acceptors (Lipinski definition) is 5. The summed E-state index contributed by atoms with van der Waals surface area (Å²) in [5.41, 5.74) is 0.894. The molecular formula is C14H23NO4S. The van der Waals surface area contributed by atoms with Crippen LogP contribution in [-0.2, 0) is 9.84 Å². The second-order valence-electron chi connectivity index (χ2n) is 4.44. The Kier molecular flexibility index (Phi) is 6.64. The molecule has 0 radical (unpaired) electrons. The highest BCUT2D eigenvalue weighted by Crippen LogP contribution is 2.30. The first-order valence-electron chi connectivity index (χ1n) is 6.77. The first-order valence-corrected chi connectivity index (χ1v) is 8.83. The van der Waals surface area contributed by atoms with E-state index in [1.54, 1.807) is 0 Å². The van der Waals surface area contributed by atoms with E-state index < -0.39 is 9.84 Å². The Bertz CT molecular complexity index is 514. The Morgan fingerprint density at radius 2 is 1.75 bits per heavy atom. The molecule has 0 atom stereocenters. The van der Waals surface area contributed by atoms with E-state index in [0.717, 1.165) is 11.4 Å². The molecule has 6 heteroatoms. The summed E-state index contributed by atoms with van der Waals surface area (Å²) >= 11 is 0. The quantitative estimate of drug-likeness (QED) is 0.709. The molecular weight excluding hydrogens is 278 g/mol. The van der Waals surface area contributed by atoms with Crippen molar-refractivity contribution in [2.45, 2.75) is 20.3 Å². The lowest BCUT2D eigenvalue weighted by molar-refractivity contribution is 0.288. The van der Waals surface area contributed by atoms with E-state index in [4.69, 9.17) is 9.47 Å². The van der Waals surface area contributed by atoms with E-state index in [1.165, 1.54) is 6.26 Å². The van der Waals surface area contributed by atoms with Gasteiger partial charge in [-0.1, -0.05) is 0 Å². The molecule has 0 bridgehead atoms. The highest BCUT2D eigenvalue weighted by Gasteiger charge is 2.06. The van der Waals surface area contributed by atoms with Gasteiger partial charge in [0.2, 0.25) is 0 Å². The van der Waals surface area contributed by atoms with Crippen molar-refractivity contribution in [2.24, 2.45) is 0 Å². The first-order chi connectivity index (χ1) is 9.46. The zero-order chi connectivity index (χ0) is 15.0. The average Bonchev–Trinajstić information content (AvgIpc) is 2.37. The van der Waals surface area contributed by atoms with Crippen LogP contribution in [0.15, 0.2) is 18.2 Å². The van der Waals surface area contributed by atoms with Gasteiger partial charge in [-0.25, -0.2) is 8.42 Å². The summed E-state index contributed by atoms with van der Waals surface area (Å²) < 4.78 is 33.1. The van der Waals surface area contributed by atoms with Gasteiger partial charge in [0.25, 0.3) is 0 Å². The fraction of sp³-hybridized carbons (Fsp3) is 0.571. The molecule has 0 aromatic heterocycles. The molecule has 1 aromatic carbocycles. The SMILES string of the molecule is CCOc1ccc(NCCCS(C)(=O)=O)cc1OCC. The Morgan fingerprint density at radius 1 is 1.10 bits per heavy atom. The zero-order valence-corrected chi connectivity index (χ0v) is 13.1. The minimum atomic E-state index is -2.89. The van der Waals surface area contributed by atoms with Crippen LogP contribution in [-0.4, -0.2) is 40.2 Å². The molecule has 114 valence electrons. The molecule has 0 heterocycles. The molecule has 0 aliphatic carbocycles. The summed E-state index contributed by atoms with van der Waals surface area (Å²) in [6.45, 7) is 5.60. The van der Waals surface area contributed by atoms with Crippen molar-refractivity contribution < 1.29 is 17.9 Å². The third-order valence-electron chi connectivity index (χ3n) is 2.56. The van der Waals surface area contributed by atoms with Gasteiger partial charge in [-0.05, 0) is 32.4 Å². The average molecular weight is 301 g/mol. The van der Waals surface area contributed by atoms with Crippen molar-refractivity contribution in [3.05, 3.63) is 18.2 Å². The molecule has 20 heavy (non-hydrogen) atoms. The number of rotatable bonds is 9. The molecule has 0 aliphatic heterocycles. The van der Waals surface area contributed by atoms with Crippen molar-refractivity contribution in [2.75, 3.05) is 37.1 Å². The highest BCUT2D eigenvalue weighted by atomic mass is 32.2. The molecule has 1 aromatic rings. The second kappa shape index (κ2) is 7.99. The van der Waals surface area contributed by atoms with E-state index in [2.05, 4.69) is 5.32 Å². The lowest BCUT2D eigenvalue weighted by Crippen LogP contribution is -2.10. The van der Waals surface area contributed by atoms with Gasteiger partial charge in [-0.2, -0.15) is 0 Å². The summed E-state index contributed by atoms with van der Waals surface area (Å²) in [7, 11) is -2.89. The maximum atomic E-state index is 11.0. The molecule has 1 rings (SSSR count). The molecule has 0 spiro atoms. The van der Waals surface area contributed by atoms with Crippen LogP contribution in [0.4, 0.5) is 5.69 Å². The normalized spacial score (nSPS) is 11.2.